The van der Waals surface area contributed by atoms with Crippen molar-refractivity contribution in [3.8, 4) is 5.88 Å². The zero-order chi connectivity index (χ0) is 15.9. The number of aromatic amines is 1. The summed E-state index contributed by atoms with van der Waals surface area (Å²) in [6, 6.07) is 4.02. The molecule has 1 aromatic carbocycles. The minimum absolute atomic E-state index is 0.0572. The van der Waals surface area contributed by atoms with Gasteiger partial charge in [-0.05, 0) is 36.5 Å². The average molecular weight is 336 g/mol. The summed E-state index contributed by atoms with van der Waals surface area (Å²) in [6.07, 6.45) is 1.54. The monoisotopic (exact) mass is 336 g/mol. The Kier molecular flexibility index (Phi) is 3.63. The number of esters is 1. The Balaban J connectivity index is 2.20. The zero-order valence-electron chi connectivity index (χ0n) is 11.2. The van der Waals surface area contributed by atoms with Crippen LogP contribution >= 0.6 is 23.6 Å². The molecule has 0 saturated carbocycles. The number of halogens is 1. The number of fused-ring (bicyclic) bond motifs is 1. The molecule has 0 radical (unpaired) electrons. The van der Waals surface area contributed by atoms with Gasteiger partial charge in [0.05, 0.1) is 17.7 Å². The number of thiazole rings is 1. The van der Waals surface area contributed by atoms with Crippen molar-refractivity contribution in [1.29, 1.82) is 0 Å². The summed E-state index contributed by atoms with van der Waals surface area (Å²) >= 11 is 6.09. The van der Waals surface area contributed by atoms with E-state index in [4.69, 9.17) is 17.0 Å². The third-order valence-electron chi connectivity index (χ3n) is 3.05. The van der Waals surface area contributed by atoms with Gasteiger partial charge in [-0.25, -0.2) is 14.2 Å². The van der Waals surface area contributed by atoms with Crippen molar-refractivity contribution < 1.29 is 19.0 Å². The molecule has 1 aliphatic rings. The normalized spacial score (nSPS) is 14.8. The molecule has 0 fully saturated rings. The predicted molar refractivity (Wildman–Crippen MR) is 84.6 cm³/mol. The predicted octanol–water partition coefficient (Wildman–Crippen LogP) is 3.45. The second-order valence-corrected chi connectivity index (χ2v) is 6.12. The van der Waals surface area contributed by atoms with Crippen LogP contribution < -0.4 is 0 Å². The number of hydrogen-bond acceptors (Lipinski definition) is 6. The van der Waals surface area contributed by atoms with E-state index in [1.54, 1.807) is 0 Å². The smallest absolute Gasteiger partial charge is 0.357 e. The molecule has 0 aliphatic carbocycles. The van der Waals surface area contributed by atoms with Gasteiger partial charge in [-0.3, -0.25) is 0 Å². The number of carbonyl (C=O) groups is 1. The van der Waals surface area contributed by atoms with Gasteiger partial charge in [0.2, 0.25) is 5.88 Å². The zero-order valence-corrected chi connectivity index (χ0v) is 12.8. The maximum Gasteiger partial charge on any atom is 0.357 e. The van der Waals surface area contributed by atoms with Crippen LogP contribution in [-0.4, -0.2) is 28.9 Å². The molecule has 8 heteroatoms. The topological polar surface area (TPSA) is 74.7 Å². The standard InChI is InChI=1S/C14H9FN2O3S2/c1-20-13(19)11-8(5-10-12(18)17-14(21)22-10)7-4-6(15)2-3-9(7)16-11/h2-5,18H,1H3,(H,17,21). The van der Waals surface area contributed by atoms with Crippen LogP contribution in [-0.2, 0) is 9.53 Å². The van der Waals surface area contributed by atoms with E-state index in [-0.39, 0.29) is 11.6 Å². The van der Waals surface area contributed by atoms with Crippen molar-refractivity contribution >= 4 is 52.6 Å². The minimum atomic E-state index is -0.638. The lowest BCUT2D eigenvalue weighted by molar-refractivity contribution is -0.132. The van der Waals surface area contributed by atoms with E-state index in [0.29, 0.717) is 25.7 Å². The highest BCUT2D eigenvalue weighted by Gasteiger charge is 2.28. The Morgan fingerprint density at radius 1 is 1.55 bits per heavy atom. The van der Waals surface area contributed by atoms with Gasteiger partial charge in [0.1, 0.15) is 5.82 Å². The van der Waals surface area contributed by atoms with E-state index in [9.17, 15) is 14.3 Å². The van der Waals surface area contributed by atoms with E-state index in [2.05, 4.69) is 9.98 Å². The molecule has 1 aliphatic heterocycles. The van der Waals surface area contributed by atoms with Crippen molar-refractivity contribution in [2.45, 2.75) is 0 Å². The number of benzene rings is 1. The van der Waals surface area contributed by atoms with Crippen LogP contribution in [0.2, 0.25) is 0 Å². The largest absolute Gasteiger partial charge is 0.494 e. The fourth-order valence-electron chi connectivity index (χ4n) is 2.09. The maximum atomic E-state index is 13.5. The highest BCUT2D eigenvalue weighted by atomic mass is 32.1. The molecule has 2 N–H and O–H groups in total. The third-order valence-corrected chi connectivity index (χ3v) is 4.22. The molecule has 0 amide bonds. The third kappa shape index (κ3) is 2.46. The van der Waals surface area contributed by atoms with E-state index in [1.807, 2.05) is 0 Å². The first kappa shape index (κ1) is 14.6. The van der Waals surface area contributed by atoms with Crippen LogP contribution in [0, 0.1) is 9.77 Å². The number of carbonyl (C=O) groups excluding carboxylic acids is 1. The van der Waals surface area contributed by atoms with Crippen molar-refractivity contribution in [3.05, 3.63) is 38.4 Å². The highest BCUT2D eigenvalue weighted by Crippen LogP contribution is 2.38. The van der Waals surface area contributed by atoms with Gasteiger partial charge in [-0.2, -0.15) is 0 Å². The van der Waals surface area contributed by atoms with Gasteiger partial charge >= 0.3 is 5.97 Å². The number of hydrogen-bond donors (Lipinski definition) is 2. The van der Waals surface area contributed by atoms with Crippen LogP contribution in [0.5, 0.6) is 5.88 Å². The van der Waals surface area contributed by atoms with Crippen LogP contribution in [0.3, 0.4) is 0 Å². The Labute approximate surface area is 133 Å². The molecule has 112 valence electrons. The lowest BCUT2D eigenvalue weighted by Crippen LogP contribution is -2.14. The minimum Gasteiger partial charge on any atom is -0.494 e. The summed E-state index contributed by atoms with van der Waals surface area (Å²) < 4.78 is 18.6. The van der Waals surface area contributed by atoms with Crippen LogP contribution in [0.4, 0.5) is 10.1 Å². The molecule has 5 nitrogen and oxygen atoms in total. The van der Waals surface area contributed by atoms with Crippen LogP contribution in [0.1, 0.15) is 10.4 Å². The number of nitrogens with one attached hydrogen (secondary N) is 1. The van der Waals surface area contributed by atoms with Gasteiger partial charge in [-0.15, -0.1) is 11.3 Å². The van der Waals surface area contributed by atoms with Crippen LogP contribution in [0.15, 0.2) is 23.2 Å². The van der Waals surface area contributed by atoms with Crippen molar-refractivity contribution in [2.75, 3.05) is 7.11 Å². The number of aliphatic imine (C=N–C) groups is 1. The maximum absolute atomic E-state index is 13.5. The summed E-state index contributed by atoms with van der Waals surface area (Å²) in [7, 11) is 1.24. The number of aromatic hydroxyl groups is 1. The number of ether oxygens (including phenoxy) is 1. The first-order chi connectivity index (χ1) is 10.5. The number of nitrogens with zero attached hydrogens (tertiary/aromatic N) is 1. The quantitative estimate of drug-likeness (QED) is 0.651. The first-order valence-corrected chi connectivity index (χ1v) is 7.33. The van der Waals surface area contributed by atoms with E-state index < -0.39 is 11.8 Å². The molecule has 22 heavy (non-hydrogen) atoms. The molecule has 0 bridgehead atoms. The molecule has 0 saturated heterocycles. The molecule has 3 rings (SSSR count). The number of methoxy groups -OCH3 is 1. The molecule has 0 unspecified atom stereocenters. The number of aromatic nitrogens is 1. The highest BCUT2D eigenvalue weighted by molar-refractivity contribution is 7.73. The van der Waals surface area contributed by atoms with Crippen molar-refractivity contribution in [1.82, 2.24) is 4.98 Å². The molecular formula is C14H9FN2O3S2. The SMILES string of the molecule is COC(=O)C1=Nc2ccc(F)cc2C1=Cc1sc(=S)[nH]c1O. The number of H-pyrrole nitrogens is 1. The van der Waals surface area contributed by atoms with Gasteiger partial charge < -0.3 is 14.8 Å². The second kappa shape index (κ2) is 5.47. The summed E-state index contributed by atoms with van der Waals surface area (Å²) in [5.41, 5.74) is 1.36. The molecule has 2 aromatic rings. The lowest BCUT2D eigenvalue weighted by Gasteiger charge is -2.03. The van der Waals surface area contributed by atoms with E-state index in [0.717, 1.165) is 11.3 Å². The van der Waals surface area contributed by atoms with E-state index in [1.165, 1.54) is 31.4 Å². The number of rotatable bonds is 2. The Morgan fingerprint density at radius 3 is 2.95 bits per heavy atom. The summed E-state index contributed by atoms with van der Waals surface area (Å²) in [5.74, 6) is -1.20. The van der Waals surface area contributed by atoms with Gasteiger partial charge in [0.15, 0.2) is 9.67 Å². The Morgan fingerprint density at radius 2 is 2.32 bits per heavy atom. The van der Waals surface area contributed by atoms with Gasteiger partial charge in [0.25, 0.3) is 0 Å². The van der Waals surface area contributed by atoms with E-state index >= 15 is 0 Å². The average Bonchev–Trinajstić information content (AvgIpc) is 2.99. The molecular weight excluding hydrogens is 327 g/mol. The molecule has 0 atom stereocenters. The first-order valence-electron chi connectivity index (χ1n) is 6.10. The fraction of sp³-hybridized carbons (Fsp3) is 0.0714. The molecule has 2 heterocycles. The lowest BCUT2D eigenvalue weighted by atomic mass is 10.0. The van der Waals surface area contributed by atoms with Crippen molar-refractivity contribution in [3.63, 3.8) is 0 Å². The van der Waals surface area contributed by atoms with Crippen LogP contribution in [0.25, 0.3) is 11.6 Å². The Bertz CT molecular complexity index is 896. The second-order valence-electron chi connectivity index (χ2n) is 4.40. The van der Waals surface area contributed by atoms with Gasteiger partial charge in [-0.1, -0.05) is 0 Å². The summed E-state index contributed by atoms with van der Waals surface area (Å²) in [6.45, 7) is 0. The summed E-state index contributed by atoms with van der Waals surface area (Å²) in [5, 5.41) is 9.79. The van der Waals surface area contributed by atoms with Gasteiger partial charge in [0, 0.05) is 11.1 Å². The Hall–Kier alpha value is -2.32. The van der Waals surface area contributed by atoms with Crippen molar-refractivity contribution in [2.24, 2.45) is 4.99 Å². The molecule has 0 spiro atoms. The summed E-state index contributed by atoms with van der Waals surface area (Å²) in [4.78, 5) is 19.1. The molecule has 1 aromatic heterocycles. The fourth-order valence-corrected chi connectivity index (χ4v) is 3.13.